The average molecular weight is 283 g/mol. The summed E-state index contributed by atoms with van der Waals surface area (Å²) in [6.45, 7) is 3.96. The minimum Gasteiger partial charge on any atom is -0.387 e. The minimum absolute atomic E-state index is 0.406. The Morgan fingerprint density at radius 2 is 1.10 bits per heavy atom. The van der Waals surface area contributed by atoms with Crippen LogP contribution < -0.4 is 0 Å². The van der Waals surface area contributed by atoms with E-state index < -0.39 is 6.10 Å². The second-order valence-corrected chi connectivity index (χ2v) is 6.23. The van der Waals surface area contributed by atoms with Crippen molar-refractivity contribution in [1.82, 2.24) is 0 Å². The molecule has 0 aromatic heterocycles. The third-order valence-electron chi connectivity index (χ3n) is 4.08. The molecule has 0 rings (SSSR count). The maximum absolute atomic E-state index is 9.48. The third kappa shape index (κ3) is 14.0. The lowest BCUT2D eigenvalue weighted by Gasteiger charge is -2.08. The lowest BCUT2D eigenvalue weighted by Crippen LogP contribution is -2.15. The average Bonchev–Trinajstić information content (AvgIpc) is 2.43. The molecule has 0 saturated carbocycles. The van der Waals surface area contributed by atoms with Crippen LogP contribution in [0.2, 0.25) is 0 Å². The van der Waals surface area contributed by atoms with Gasteiger partial charge in [-0.15, -0.1) is 0 Å². The van der Waals surface area contributed by atoms with Crippen molar-refractivity contribution in [3.8, 4) is 0 Å². The van der Waals surface area contributed by atoms with Crippen molar-refractivity contribution in [2.24, 2.45) is 0 Å². The van der Waals surface area contributed by atoms with Crippen molar-refractivity contribution >= 4 is 5.71 Å². The SMILES string of the molecule is CCCCCCCCCCCCCCC[C@@H](O)C(C)=N. The number of aliphatic hydroxyl groups excluding tert-OH is 1. The van der Waals surface area contributed by atoms with Crippen LogP contribution in [-0.2, 0) is 0 Å². The molecule has 2 N–H and O–H groups in total. The van der Waals surface area contributed by atoms with Gasteiger partial charge in [-0.2, -0.15) is 0 Å². The van der Waals surface area contributed by atoms with Crippen molar-refractivity contribution in [2.45, 2.75) is 110 Å². The van der Waals surface area contributed by atoms with Crippen LogP contribution in [0.1, 0.15) is 104 Å². The van der Waals surface area contributed by atoms with E-state index >= 15 is 0 Å². The van der Waals surface area contributed by atoms with Gasteiger partial charge in [0, 0.05) is 5.71 Å². The molecule has 2 nitrogen and oxygen atoms in total. The van der Waals surface area contributed by atoms with Gasteiger partial charge in [0.25, 0.3) is 0 Å². The van der Waals surface area contributed by atoms with Crippen LogP contribution in [0.15, 0.2) is 0 Å². The predicted molar refractivity (Wildman–Crippen MR) is 89.7 cm³/mol. The highest BCUT2D eigenvalue weighted by Crippen LogP contribution is 2.13. The summed E-state index contributed by atoms with van der Waals surface area (Å²) >= 11 is 0. The summed E-state index contributed by atoms with van der Waals surface area (Å²) in [6.07, 6.45) is 17.8. The van der Waals surface area contributed by atoms with E-state index in [4.69, 9.17) is 5.41 Å². The molecule has 0 saturated heterocycles. The molecule has 0 aromatic rings. The van der Waals surface area contributed by atoms with E-state index in [0.717, 1.165) is 12.8 Å². The Balaban J connectivity index is 3.04. The Labute approximate surface area is 126 Å². The van der Waals surface area contributed by atoms with Crippen LogP contribution in [-0.4, -0.2) is 16.9 Å². The van der Waals surface area contributed by atoms with Gasteiger partial charge in [0.05, 0.1) is 6.10 Å². The standard InChI is InChI=1S/C18H37NO/c1-3-4-5-6-7-8-9-10-11-12-13-14-15-16-18(20)17(2)19/h18-20H,3-16H2,1-2H3/t18-/m1/s1. The number of hydrogen-bond acceptors (Lipinski definition) is 2. The maximum atomic E-state index is 9.48. The van der Waals surface area contributed by atoms with Crippen LogP contribution >= 0.6 is 0 Å². The molecule has 0 bridgehead atoms. The number of rotatable bonds is 15. The molecule has 0 aliphatic heterocycles. The second kappa shape index (κ2) is 15.0. The minimum atomic E-state index is -0.497. The van der Waals surface area contributed by atoms with Gasteiger partial charge >= 0.3 is 0 Å². The molecule has 20 heavy (non-hydrogen) atoms. The Hall–Kier alpha value is -0.370. The first-order chi connectivity index (χ1) is 9.68. The molecule has 0 spiro atoms. The Kier molecular flexibility index (Phi) is 14.7. The molecular formula is C18H37NO. The number of aliphatic hydroxyl groups is 1. The molecule has 1 atom stereocenters. The molecule has 0 heterocycles. The highest BCUT2D eigenvalue weighted by atomic mass is 16.3. The Morgan fingerprint density at radius 1 is 0.750 bits per heavy atom. The van der Waals surface area contributed by atoms with E-state index in [1.807, 2.05) is 0 Å². The molecule has 0 radical (unpaired) electrons. The molecule has 0 aliphatic rings. The first-order valence-electron chi connectivity index (χ1n) is 8.91. The molecule has 120 valence electrons. The second-order valence-electron chi connectivity index (χ2n) is 6.23. The molecule has 0 aliphatic carbocycles. The summed E-state index contributed by atoms with van der Waals surface area (Å²) in [6, 6.07) is 0. The molecule has 0 aromatic carbocycles. The van der Waals surface area contributed by atoms with Crippen molar-refractivity contribution in [1.29, 1.82) is 5.41 Å². The summed E-state index contributed by atoms with van der Waals surface area (Å²) in [7, 11) is 0. The monoisotopic (exact) mass is 283 g/mol. The summed E-state index contributed by atoms with van der Waals surface area (Å²) in [5, 5.41) is 16.8. The van der Waals surface area contributed by atoms with E-state index in [9.17, 15) is 5.11 Å². The van der Waals surface area contributed by atoms with Crippen molar-refractivity contribution in [2.75, 3.05) is 0 Å². The van der Waals surface area contributed by atoms with Gasteiger partial charge in [-0.05, 0) is 13.3 Å². The summed E-state index contributed by atoms with van der Waals surface area (Å²) in [5.41, 5.74) is 0.406. The van der Waals surface area contributed by atoms with Gasteiger partial charge < -0.3 is 10.5 Å². The van der Waals surface area contributed by atoms with Crippen molar-refractivity contribution in [3.05, 3.63) is 0 Å². The molecular weight excluding hydrogens is 246 g/mol. The normalized spacial score (nSPS) is 12.6. The highest BCUT2D eigenvalue weighted by molar-refractivity contribution is 5.82. The third-order valence-corrected chi connectivity index (χ3v) is 4.08. The fraction of sp³-hybridized carbons (Fsp3) is 0.944. The van der Waals surface area contributed by atoms with Crippen LogP contribution in [0.4, 0.5) is 0 Å². The Bertz CT molecular complexity index is 215. The van der Waals surface area contributed by atoms with Gasteiger partial charge in [-0.1, -0.05) is 90.4 Å². The first kappa shape index (κ1) is 19.6. The number of unbranched alkanes of at least 4 members (excludes halogenated alkanes) is 12. The fourth-order valence-electron chi connectivity index (χ4n) is 2.57. The van der Waals surface area contributed by atoms with Gasteiger partial charge in [0.2, 0.25) is 0 Å². The quantitative estimate of drug-likeness (QED) is 0.286. The first-order valence-corrected chi connectivity index (χ1v) is 8.91. The zero-order chi connectivity index (χ0) is 15.1. The lowest BCUT2D eigenvalue weighted by molar-refractivity contribution is 0.224. The van der Waals surface area contributed by atoms with Gasteiger partial charge in [0.15, 0.2) is 0 Å². The van der Waals surface area contributed by atoms with E-state index in [1.54, 1.807) is 6.92 Å². The highest BCUT2D eigenvalue weighted by Gasteiger charge is 2.04. The van der Waals surface area contributed by atoms with Crippen LogP contribution in [0.3, 0.4) is 0 Å². The van der Waals surface area contributed by atoms with Gasteiger partial charge in [0.1, 0.15) is 0 Å². The van der Waals surface area contributed by atoms with Crippen LogP contribution in [0.25, 0.3) is 0 Å². The van der Waals surface area contributed by atoms with Crippen LogP contribution in [0.5, 0.6) is 0 Å². The van der Waals surface area contributed by atoms with Gasteiger partial charge in [-0.3, -0.25) is 0 Å². The molecule has 0 amide bonds. The summed E-state index contributed by atoms with van der Waals surface area (Å²) in [5.74, 6) is 0. The zero-order valence-electron chi connectivity index (χ0n) is 13.9. The summed E-state index contributed by atoms with van der Waals surface area (Å²) in [4.78, 5) is 0. The van der Waals surface area contributed by atoms with E-state index in [0.29, 0.717) is 5.71 Å². The largest absolute Gasteiger partial charge is 0.387 e. The number of nitrogens with one attached hydrogen (secondary N) is 1. The van der Waals surface area contributed by atoms with E-state index in [1.165, 1.54) is 77.0 Å². The van der Waals surface area contributed by atoms with Crippen molar-refractivity contribution < 1.29 is 5.11 Å². The molecule has 2 heteroatoms. The maximum Gasteiger partial charge on any atom is 0.0911 e. The van der Waals surface area contributed by atoms with E-state index in [2.05, 4.69) is 6.92 Å². The molecule has 0 unspecified atom stereocenters. The van der Waals surface area contributed by atoms with E-state index in [-0.39, 0.29) is 0 Å². The van der Waals surface area contributed by atoms with Crippen molar-refractivity contribution in [3.63, 3.8) is 0 Å². The van der Waals surface area contributed by atoms with Gasteiger partial charge in [-0.25, -0.2) is 0 Å². The predicted octanol–water partition coefficient (Wildman–Crippen LogP) is 5.87. The molecule has 0 fully saturated rings. The number of hydrogen-bond donors (Lipinski definition) is 2. The zero-order valence-corrected chi connectivity index (χ0v) is 13.9. The fourth-order valence-corrected chi connectivity index (χ4v) is 2.57. The lowest BCUT2D eigenvalue weighted by atomic mass is 10.0. The Morgan fingerprint density at radius 3 is 1.45 bits per heavy atom. The summed E-state index contributed by atoms with van der Waals surface area (Å²) < 4.78 is 0. The topological polar surface area (TPSA) is 44.1 Å². The smallest absolute Gasteiger partial charge is 0.0911 e. The van der Waals surface area contributed by atoms with Crippen LogP contribution in [0, 0.1) is 5.41 Å².